The predicted molar refractivity (Wildman–Crippen MR) is 114 cm³/mol. The number of piperazine rings is 1. The first-order valence-electron chi connectivity index (χ1n) is 9.64. The summed E-state index contributed by atoms with van der Waals surface area (Å²) < 4.78 is 13.1. The molecule has 8 heteroatoms. The van der Waals surface area contributed by atoms with E-state index in [0.717, 1.165) is 43.8 Å². The number of halogens is 1. The monoisotopic (exact) mass is 407 g/mol. The zero-order valence-electron chi connectivity index (χ0n) is 16.7. The van der Waals surface area contributed by atoms with Gasteiger partial charge in [-0.15, -0.1) is 0 Å². The lowest BCUT2D eigenvalue weighted by molar-refractivity contribution is -0.517. The highest BCUT2D eigenvalue weighted by Crippen LogP contribution is 2.24. The van der Waals surface area contributed by atoms with Crippen LogP contribution in [0.25, 0.3) is 0 Å². The number of allylic oxidation sites excluding steroid dienone is 1. The van der Waals surface area contributed by atoms with Crippen LogP contribution in [0.5, 0.6) is 0 Å². The molecule has 2 aromatic carbocycles. The first-order chi connectivity index (χ1) is 14.5. The molecule has 0 saturated carbocycles. The largest absolute Gasteiger partial charge is 0.368 e. The van der Waals surface area contributed by atoms with Crippen LogP contribution in [0.3, 0.4) is 0 Å². The number of carbonyl (C=O) groups is 1. The summed E-state index contributed by atoms with van der Waals surface area (Å²) in [7, 11) is 0. The van der Waals surface area contributed by atoms with E-state index in [9.17, 15) is 14.4 Å². The molecule has 1 amide bonds. The third kappa shape index (κ3) is 5.08. The van der Waals surface area contributed by atoms with Gasteiger partial charge in [0, 0.05) is 57.1 Å². The van der Waals surface area contributed by atoms with Gasteiger partial charge >= 0.3 is 0 Å². The molecule has 30 heavy (non-hydrogen) atoms. The fourth-order valence-corrected chi connectivity index (χ4v) is 3.33. The Morgan fingerprint density at radius 2 is 1.97 bits per heavy atom. The van der Waals surface area contributed by atoms with E-state index in [1.54, 1.807) is 36.5 Å². The summed E-state index contributed by atoms with van der Waals surface area (Å²) in [5.74, 6) is -0.781. The van der Waals surface area contributed by atoms with Crippen LogP contribution in [0.4, 0.5) is 21.5 Å². The number of rotatable bonds is 6. The Balaban J connectivity index is 1.76. The van der Waals surface area contributed by atoms with E-state index in [1.165, 1.54) is 12.1 Å². The first-order valence-corrected chi connectivity index (χ1v) is 9.64. The van der Waals surface area contributed by atoms with Crippen LogP contribution >= 0.6 is 0 Å². The molecule has 7 nitrogen and oxygen atoms in total. The third-order valence-corrected chi connectivity index (χ3v) is 4.90. The van der Waals surface area contributed by atoms with E-state index in [2.05, 4.69) is 21.6 Å². The quantitative estimate of drug-likeness (QED) is 0.333. The second kappa shape index (κ2) is 9.78. The Morgan fingerprint density at radius 3 is 2.60 bits per heavy atom. The number of hydrogen-bond acceptors (Lipinski definition) is 5. The van der Waals surface area contributed by atoms with Crippen molar-refractivity contribution in [2.75, 3.05) is 36.4 Å². The second-order valence-corrected chi connectivity index (χ2v) is 6.97. The molecule has 0 spiro atoms. The lowest BCUT2D eigenvalue weighted by Crippen LogP contribution is -2.75. The molecule has 0 aliphatic carbocycles. The van der Waals surface area contributed by atoms with Gasteiger partial charge < -0.3 is 20.9 Å². The van der Waals surface area contributed by atoms with Crippen molar-refractivity contribution in [3.8, 4) is 6.07 Å². The smallest absolute Gasteiger partial charge is 0.262 e. The fourth-order valence-electron chi connectivity index (χ4n) is 3.33. The Labute approximate surface area is 174 Å². The molecule has 0 bridgehead atoms. The van der Waals surface area contributed by atoms with E-state index in [-0.39, 0.29) is 11.4 Å². The van der Waals surface area contributed by atoms with Crippen LogP contribution in [-0.2, 0) is 4.79 Å². The molecule has 5 N–H and O–H groups in total. The number of nitrogens with zero attached hydrogens (tertiary/aromatic N) is 2. The molecular formula is C22H24FN6O+. The number of amides is 1. The standard InChI is InChI=1S/C22H23FN6O/c1-15(27-18-4-2-17(23)3-5-18)20(14-25)22(30)28-19-6-7-21(16(12-19)13-24)29-10-8-26-9-11-29/h2-7,12,14,25-27H,8-11H2,1H3,(H,28,30)/p+1/b20-15+,25-14?. The highest BCUT2D eigenvalue weighted by Gasteiger charge is 2.18. The predicted octanol–water partition coefficient (Wildman–Crippen LogP) is 1.86. The zero-order chi connectivity index (χ0) is 21.5. The molecule has 1 heterocycles. The number of quaternary nitrogens is 1. The van der Waals surface area contributed by atoms with Gasteiger partial charge in [-0.25, -0.2) is 4.39 Å². The summed E-state index contributed by atoms with van der Waals surface area (Å²) in [6, 6.07) is 13.3. The first kappa shape index (κ1) is 21.2. The minimum atomic E-state index is -0.445. The van der Waals surface area contributed by atoms with Crippen LogP contribution in [0.2, 0.25) is 0 Å². The molecule has 1 saturated heterocycles. The van der Waals surface area contributed by atoms with Crippen molar-refractivity contribution >= 4 is 29.2 Å². The van der Waals surface area contributed by atoms with Crippen LogP contribution in [-0.4, -0.2) is 38.3 Å². The highest BCUT2D eigenvalue weighted by atomic mass is 19.1. The number of nitriles is 1. The van der Waals surface area contributed by atoms with Crippen molar-refractivity contribution in [3.05, 3.63) is 65.1 Å². The van der Waals surface area contributed by atoms with Crippen LogP contribution in [0, 0.1) is 22.6 Å². The molecule has 3 rings (SSSR count). The van der Waals surface area contributed by atoms with Crippen molar-refractivity contribution in [1.29, 1.82) is 10.7 Å². The molecule has 0 aromatic heterocycles. The van der Waals surface area contributed by atoms with Crippen molar-refractivity contribution in [3.63, 3.8) is 0 Å². The normalized spacial score (nSPS) is 14.5. The average Bonchev–Trinajstić information content (AvgIpc) is 2.76. The van der Waals surface area contributed by atoms with E-state index in [1.807, 2.05) is 6.07 Å². The second-order valence-electron chi connectivity index (χ2n) is 6.97. The average molecular weight is 407 g/mol. The summed E-state index contributed by atoms with van der Waals surface area (Å²) in [5.41, 5.74) is 3.32. The van der Waals surface area contributed by atoms with Gasteiger partial charge in [-0.2, -0.15) is 5.26 Å². The van der Waals surface area contributed by atoms with E-state index in [0.29, 0.717) is 16.9 Å². The lowest BCUT2D eigenvalue weighted by atomic mass is 10.1. The fraction of sp³-hybridized carbons (Fsp3) is 0.227. The SMILES string of the molecule is C/C([NH2+]c1ccc(F)cc1)=C(/C=N)C(=O)Nc1ccc(N2CCNCC2)c(C#N)c1. The van der Waals surface area contributed by atoms with Gasteiger partial charge in [0.15, 0.2) is 0 Å². The van der Waals surface area contributed by atoms with Crippen molar-refractivity contribution < 1.29 is 14.5 Å². The van der Waals surface area contributed by atoms with Crippen LogP contribution in [0.15, 0.2) is 53.7 Å². The summed E-state index contributed by atoms with van der Waals surface area (Å²) in [6.07, 6.45) is 0.991. The highest BCUT2D eigenvalue weighted by molar-refractivity contribution is 6.17. The molecule has 154 valence electrons. The summed E-state index contributed by atoms with van der Waals surface area (Å²) in [6.45, 7) is 5.08. The van der Waals surface area contributed by atoms with Gasteiger partial charge in [0.25, 0.3) is 5.91 Å². The number of hydrogen-bond donors (Lipinski definition) is 4. The van der Waals surface area contributed by atoms with Gasteiger partial charge in [-0.05, 0) is 30.3 Å². The van der Waals surface area contributed by atoms with Crippen molar-refractivity contribution in [2.45, 2.75) is 6.92 Å². The van der Waals surface area contributed by atoms with Crippen molar-refractivity contribution in [1.82, 2.24) is 5.32 Å². The number of nitrogens with two attached hydrogens (primary N) is 1. The summed E-state index contributed by atoms with van der Waals surface area (Å²) in [5, 5.41) is 25.0. The molecular weight excluding hydrogens is 383 g/mol. The molecule has 2 aromatic rings. The van der Waals surface area contributed by atoms with E-state index >= 15 is 0 Å². The van der Waals surface area contributed by atoms with Crippen LogP contribution in [0.1, 0.15) is 12.5 Å². The molecule has 0 unspecified atom stereocenters. The minimum absolute atomic E-state index is 0.184. The molecule has 0 radical (unpaired) electrons. The number of benzene rings is 2. The summed E-state index contributed by atoms with van der Waals surface area (Å²) >= 11 is 0. The van der Waals surface area contributed by atoms with Gasteiger partial charge in [0.1, 0.15) is 28.8 Å². The Hall–Kier alpha value is -3.54. The Morgan fingerprint density at radius 1 is 1.27 bits per heavy atom. The maximum Gasteiger partial charge on any atom is 0.262 e. The number of nitrogens with one attached hydrogen (secondary N) is 3. The van der Waals surface area contributed by atoms with Gasteiger partial charge in [-0.1, -0.05) is 0 Å². The Kier molecular flexibility index (Phi) is 6.91. The maximum atomic E-state index is 13.1. The van der Waals surface area contributed by atoms with Gasteiger partial charge in [-0.3, -0.25) is 10.1 Å². The van der Waals surface area contributed by atoms with E-state index in [4.69, 9.17) is 5.41 Å². The molecule has 1 fully saturated rings. The maximum absolute atomic E-state index is 13.1. The van der Waals surface area contributed by atoms with Crippen molar-refractivity contribution in [2.24, 2.45) is 0 Å². The topological polar surface area (TPSA) is 109 Å². The zero-order valence-corrected chi connectivity index (χ0v) is 16.7. The molecule has 1 aliphatic rings. The third-order valence-electron chi connectivity index (χ3n) is 4.90. The molecule has 0 atom stereocenters. The Bertz CT molecular complexity index is 1000. The summed E-state index contributed by atoms with van der Waals surface area (Å²) in [4.78, 5) is 14.9. The minimum Gasteiger partial charge on any atom is -0.368 e. The number of carbonyl (C=O) groups excluding carboxylic acids is 1. The van der Waals surface area contributed by atoms with Gasteiger partial charge in [0.2, 0.25) is 0 Å². The number of anilines is 2. The van der Waals surface area contributed by atoms with E-state index < -0.39 is 5.91 Å². The lowest BCUT2D eigenvalue weighted by Gasteiger charge is -2.30. The van der Waals surface area contributed by atoms with Gasteiger partial charge in [0.05, 0.1) is 11.3 Å². The van der Waals surface area contributed by atoms with Crippen LogP contribution < -0.4 is 20.9 Å². The molecule has 1 aliphatic heterocycles.